The Balaban J connectivity index is 2.55. The average molecular weight is 273 g/mol. The maximum Gasteiger partial charge on any atom is 0.345 e. The van der Waals surface area contributed by atoms with Gasteiger partial charge >= 0.3 is 11.0 Å². The van der Waals surface area contributed by atoms with Gasteiger partial charge < -0.3 is 10.4 Å². The van der Waals surface area contributed by atoms with E-state index in [0.29, 0.717) is 11.6 Å². The predicted octanol–water partition coefficient (Wildman–Crippen LogP) is 2.21. The summed E-state index contributed by atoms with van der Waals surface area (Å²) in [7, 11) is 0. The van der Waals surface area contributed by atoms with Crippen LogP contribution in [-0.4, -0.2) is 27.5 Å². The molecule has 1 aromatic heterocycles. The van der Waals surface area contributed by atoms with Crippen LogP contribution in [0.3, 0.4) is 0 Å². The maximum atomic E-state index is 11.0. The fourth-order valence-corrected chi connectivity index (χ4v) is 2.12. The number of nitrogens with zero attached hydrogens (tertiary/aromatic N) is 2. The second kappa shape index (κ2) is 6.29. The average Bonchev–Trinajstić information content (AvgIpc) is 2.72. The van der Waals surface area contributed by atoms with Crippen molar-refractivity contribution in [2.75, 3.05) is 11.9 Å². The number of rotatable bonds is 7. The topological polar surface area (TPSA) is 105 Å². The first-order valence-corrected chi connectivity index (χ1v) is 6.28. The van der Waals surface area contributed by atoms with Gasteiger partial charge in [-0.15, -0.1) is 0 Å². The van der Waals surface area contributed by atoms with E-state index in [2.05, 4.69) is 10.3 Å². The lowest BCUT2D eigenvalue weighted by molar-refractivity contribution is -0.380. The molecule has 100 valence electrons. The van der Waals surface area contributed by atoms with Crippen LogP contribution in [0.1, 0.15) is 20.3 Å². The lowest BCUT2D eigenvalue weighted by Crippen LogP contribution is -2.24. The van der Waals surface area contributed by atoms with Crippen LogP contribution in [0.15, 0.2) is 6.20 Å². The van der Waals surface area contributed by atoms with Gasteiger partial charge in [0.15, 0.2) is 5.13 Å². The first-order valence-electron chi connectivity index (χ1n) is 5.47. The molecule has 0 radical (unpaired) electrons. The van der Waals surface area contributed by atoms with Crippen molar-refractivity contribution < 1.29 is 14.8 Å². The summed E-state index contributed by atoms with van der Waals surface area (Å²) < 4.78 is 0. The van der Waals surface area contributed by atoms with Crippen molar-refractivity contribution >= 4 is 27.4 Å². The van der Waals surface area contributed by atoms with Crippen molar-refractivity contribution in [2.45, 2.75) is 20.3 Å². The zero-order valence-electron chi connectivity index (χ0n) is 10.1. The molecular weight excluding hydrogens is 258 g/mol. The summed E-state index contributed by atoms with van der Waals surface area (Å²) in [6.45, 7) is 4.12. The van der Waals surface area contributed by atoms with Crippen LogP contribution in [-0.2, 0) is 4.79 Å². The van der Waals surface area contributed by atoms with E-state index in [-0.39, 0.29) is 17.5 Å². The van der Waals surface area contributed by atoms with Crippen LogP contribution in [0.5, 0.6) is 0 Å². The molecule has 0 aromatic carbocycles. The number of hydrogen-bond acceptors (Lipinski definition) is 6. The number of carboxylic acids is 1. The molecule has 1 unspecified atom stereocenters. The summed E-state index contributed by atoms with van der Waals surface area (Å²) in [5, 5.41) is 22.6. The molecule has 0 aliphatic heterocycles. The Morgan fingerprint density at radius 3 is 2.78 bits per heavy atom. The second-order valence-electron chi connectivity index (χ2n) is 4.31. The predicted molar refractivity (Wildman–Crippen MR) is 67.8 cm³/mol. The van der Waals surface area contributed by atoms with Crippen LogP contribution in [0.4, 0.5) is 10.1 Å². The molecule has 0 saturated carbocycles. The van der Waals surface area contributed by atoms with E-state index in [4.69, 9.17) is 5.11 Å². The molecule has 18 heavy (non-hydrogen) atoms. The van der Waals surface area contributed by atoms with Gasteiger partial charge in [0, 0.05) is 6.54 Å². The molecule has 0 saturated heterocycles. The van der Waals surface area contributed by atoms with E-state index in [9.17, 15) is 14.9 Å². The van der Waals surface area contributed by atoms with Gasteiger partial charge in [0.05, 0.1) is 10.8 Å². The number of aliphatic carboxylic acids is 1. The molecule has 1 aromatic rings. The van der Waals surface area contributed by atoms with E-state index in [1.165, 1.54) is 0 Å². The van der Waals surface area contributed by atoms with Crippen LogP contribution < -0.4 is 5.32 Å². The highest BCUT2D eigenvalue weighted by Crippen LogP contribution is 2.25. The number of carbonyl (C=O) groups is 1. The highest BCUT2D eigenvalue weighted by Gasteiger charge is 2.20. The fraction of sp³-hybridized carbons (Fsp3) is 0.600. The Kier molecular flexibility index (Phi) is 5.02. The van der Waals surface area contributed by atoms with Gasteiger partial charge in [-0.05, 0) is 23.7 Å². The number of nitro groups is 1. The molecule has 1 rings (SSSR count). The molecule has 0 aliphatic carbocycles. The van der Waals surface area contributed by atoms with Crippen LogP contribution >= 0.6 is 11.3 Å². The minimum absolute atomic E-state index is 0.0618. The lowest BCUT2D eigenvalue weighted by Gasteiger charge is -2.14. The minimum atomic E-state index is -0.873. The van der Waals surface area contributed by atoms with Crippen molar-refractivity contribution in [2.24, 2.45) is 11.8 Å². The summed E-state index contributed by atoms with van der Waals surface area (Å²) >= 11 is 0.899. The summed E-state index contributed by atoms with van der Waals surface area (Å²) in [4.78, 5) is 24.8. The Bertz CT molecular complexity index is 433. The molecule has 1 heterocycles. The van der Waals surface area contributed by atoms with Gasteiger partial charge in [-0.2, -0.15) is 0 Å². The highest BCUT2D eigenvalue weighted by atomic mass is 32.1. The van der Waals surface area contributed by atoms with Gasteiger partial charge in [-0.25, -0.2) is 4.98 Å². The summed E-state index contributed by atoms with van der Waals surface area (Å²) in [5.41, 5.74) is 0. The third kappa shape index (κ3) is 4.28. The zero-order chi connectivity index (χ0) is 13.7. The van der Waals surface area contributed by atoms with Gasteiger partial charge in [0.25, 0.3) is 0 Å². The normalized spacial score (nSPS) is 12.4. The summed E-state index contributed by atoms with van der Waals surface area (Å²) in [6.07, 6.45) is 1.71. The SMILES string of the molecule is CC(C)CC(CNc1ncc([N+](=O)[O-])s1)C(=O)O. The standard InChI is InChI=1S/C10H15N3O4S/c1-6(2)3-7(9(14)15)4-11-10-12-5-8(18-10)13(16)17/h5-7H,3-4H2,1-2H3,(H,11,12)(H,14,15). The third-order valence-electron chi connectivity index (χ3n) is 2.28. The van der Waals surface area contributed by atoms with Crippen LogP contribution in [0.25, 0.3) is 0 Å². The van der Waals surface area contributed by atoms with Crippen molar-refractivity contribution in [1.29, 1.82) is 0 Å². The molecule has 0 spiro atoms. The van der Waals surface area contributed by atoms with Gasteiger partial charge in [0.1, 0.15) is 6.20 Å². The molecule has 1 atom stereocenters. The Labute approximate surface area is 108 Å². The zero-order valence-corrected chi connectivity index (χ0v) is 10.9. The van der Waals surface area contributed by atoms with Crippen LogP contribution in [0.2, 0.25) is 0 Å². The summed E-state index contributed by atoms with van der Waals surface area (Å²) in [5.74, 6) is -1.12. The molecule has 0 fully saturated rings. The van der Waals surface area contributed by atoms with Gasteiger partial charge in [-0.1, -0.05) is 13.8 Å². The number of nitrogens with one attached hydrogen (secondary N) is 1. The van der Waals surface area contributed by atoms with Gasteiger partial charge in [-0.3, -0.25) is 14.9 Å². The van der Waals surface area contributed by atoms with E-state index < -0.39 is 16.8 Å². The van der Waals surface area contributed by atoms with E-state index in [1.54, 1.807) is 0 Å². The maximum absolute atomic E-state index is 11.0. The number of aromatic nitrogens is 1. The van der Waals surface area contributed by atoms with Crippen LogP contribution in [0, 0.1) is 22.0 Å². The Hall–Kier alpha value is -1.70. The minimum Gasteiger partial charge on any atom is -0.481 e. The van der Waals surface area contributed by atoms with E-state index in [1.807, 2.05) is 13.8 Å². The monoisotopic (exact) mass is 273 g/mol. The Morgan fingerprint density at radius 1 is 1.67 bits per heavy atom. The molecule has 8 heteroatoms. The van der Waals surface area contributed by atoms with E-state index >= 15 is 0 Å². The molecule has 7 nitrogen and oxygen atoms in total. The number of thiazole rings is 1. The molecular formula is C10H15N3O4S. The molecule has 0 aliphatic rings. The van der Waals surface area contributed by atoms with Crippen molar-refractivity contribution in [3.8, 4) is 0 Å². The first kappa shape index (κ1) is 14.4. The van der Waals surface area contributed by atoms with E-state index in [0.717, 1.165) is 17.5 Å². The second-order valence-corrected chi connectivity index (χ2v) is 5.32. The fourth-order valence-electron chi connectivity index (χ4n) is 1.48. The van der Waals surface area contributed by atoms with Crippen molar-refractivity contribution in [3.05, 3.63) is 16.3 Å². The van der Waals surface area contributed by atoms with Crippen molar-refractivity contribution in [3.63, 3.8) is 0 Å². The number of hydrogen-bond donors (Lipinski definition) is 2. The summed E-state index contributed by atoms with van der Waals surface area (Å²) in [6, 6.07) is 0. The number of anilines is 1. The largest absolute Gasteiger partial charge is 0.481 e. The van der Waals surface area contributed by atoms with Gasteiger partial charge in [0.2, 0.25) is 0 Å². The molecule has 0 bridgehead atoms. The number of carboxylic acid groups (broad SMARTS) is 1. The smallest absolute Gasteiger partial charge is 0.345 e. The molecule has 2 N–H and O–H groups in total. The highest BCUT2D eigenvalue weighted by molar-refractivity contribution is 7.18. The third-order valence-corrected chi connectivity index (χ3v) is 3.18. The lowest BCUT2D eigenvalue weighted by atomic mass is 9.97. The Morgan fingerprint density at radius 2 is 2.33 bits per heavy atom. The van der Waals surface area contributed by atoms with Crippen molar-refractivity contribution in [1.82, 2.24) is 4.98 Å². The quantitative estimate of drug-likeness (QED) is 0.583. The first-order chi connectivity index (χ1) is 8.40. The molecule has 0 amide bonds.